The average molecular weight is 307 g/mol. The highest BCUT2D eigenvalue weighted by atomic mass is 16.5. The molecular formula is C20H21NO2. The van der Waals surface area contributed by atoms with Gasteiger partial charge in [-0.2, -0.15) is 0 Å². The van der Waals surface area contributed by atoms with E-state index in [4.69, 9.17) is 4.74 Å². The summed E-state index contributed by atoms with van der Waals surface area (Å²) in [6, 6.07) is 13.8. The monoisotopic (exact) mass is 307 g/mol. The van der Waals surface area contributed by atoms with Crippen LogP contribution in [0.1, 0.15) is 24.5 Å². The maximum atomic E-state index is 12.5. The van der Waals surface area contributed by atoms with E-state index in [1.54, 1.807) is 12.4 Å². The lowest BCUT2D eigenvalue weighted by Gasteiger charge is -2.14. The summed E-state index contributed by atoms with van der Waals surface area (Å²) < 4.78 is 5.26. The summed E-state index contributed by atoms with van der Waals surface area (Å²) in [4.78, 5) is 16.6. The fourth-order valence-electron chi connectivity index (χ4n) is 2.46. The van der Waals surface area contributed by atoms with Gasteiger partial charge in [0.2, 0.25) is 0 Å². The molecule has 0 saturated heterocycles. The molecule has 1 aromatic heterocycles. The van der Waals surface area contributed by atoms with Crippen LogP contribution in [0.15, 0.2) is 73.1 Å². The van der Waals surface area contributed by atoms with Crippen LogP contribution < -0.4 is 0 Å². The van der Waals surface area contributed by atoms with Gasteiger partial charge in [-0.1, -0.05) is 42.5 Å². The number of hydrogen-bond donors (Lipinski definition) is 0. The summed E-state index contributed by atoms with van der Waals surface area (Å²) >= 11 is 0. The van der Waals surface area contributed by atoms with Gasteiger partial charge < -0.3 is 4.74 Å². The Balaban J connectivity index is 2.50. The molecule has 0 radical (unpaired) electrons. The molecule has 0 amide bonds. The molecule has 2 aromatic rings. The summed E-state index contributed by atoms with van der Waals surface area (Å²) in [6.45, 7) is 5.97. The van der Waals surface area contributed by atoms with Gasteiger partial charge in [0.1, 0.15) is 0 Å². The first-order valence-corrected chi connectivity index (χ1v) is 7.70. The first-order valence-electron chi connectivity index (χ1n) is 7.70. The van der Waals surface area contributed by atoms with E-state index in [1.165, 1.54) is 0 Å². The maximum Gasteiger partial charge on any atom is 0.338 e. The molecule has 0 atom stereocenters. The number of pyridine rings is 1. The van der Waals surface area contributed by atoms with Crippen LogP contribution >= 0.6 is 0 Å². The van der Waals surface area contributed by atoms with Gasteiger partial charge in [-0.05, 0) is 37.0 Å². The van der Waals surface area contributed by atoms with Crippen molar-refractivity contribution in [2.45, 2.75) is 19.8 Å². The lowest BCUT2D eigenvalue weighted by atomic mass is 9.93. The zero-order chi connectivity index (χ0) is 16.5. The SMILES string of the molecule is C=CCC(Cc1ccccc1)=C(C(=O)OCC)c1cccnc1. The van der Waals surface area contributed by atoms with E-state index >= 15 is 0 Å². The van der Waals surface area contributed by atoms with Gasteiger partial charge in [-0.3, -0.25) is 4.98 Å². The quantitative estimate of drug-likeness (QED) is 0.437. The predicted octanol–water partition coefficient (Wildman–Crippen LogP) is 4.22. The maximum absolute atomic E-state index is 12.5. The number of nitrogens with zero attached hydrogens (tertiary/aromatic N) is 1. The largest absolute Gasteiger partial charge is 0.462 e. The third kappa shape index (κ3) is 4.65. The summed E-state index contributed by atoms with van der Waals surface area (Å²) in [6.07, 6.45) is 6.50. The van der Waals surface area contributed by atoms with E-state index in [9.17, 15) is 4.79 Å². The van der Waals surface area contributed by atoms with Crippen LogP contribution in [0, 0.1) is 0 Å². The topological polar surface area (TPSA) is 39.2 Å². The Labute approximate surface area is 137 Å². The Morgan fingerprint density at radius 1 is 1.22 bits per heavy atom. The number of rotatable bonds is 7. The molecule has 1 heterocycles. The van der Waals surface area contributed by atoms with Crippen molar-refractivity contribution in [1.82, 2.24) is 4.98 Å². The number of ether oxygens (including phenoxy) is 1. The molecule has 0 aliphatic carbocycles. The van der Waals surface area contributed by atoms with E-state index in [-0.39, 0.29) is 5.97 Å². The fraction of sp³-hybridized carbons (Fsp3) is 0.200. The van der Waals surface area contributed by atoms with Crippen LogP contribution in [-0.2, 0) is 16.0 Å². The number of carbonyl (C=O) groups excluding carboxylic acids is 1. The Morgan fingerprint density at radius 2 is 2.00 bits per heavy atom. The average Bonchev–Trinajstić information content (AvgIpc) is 2.57. The summed E-state index contributed by atoms with van der Waals surface area (Å²) in [5, 5.41) is 0. The number of carbonyl (C=O) groups is 1. The van der Waals surface area contributed by atoms with Crippen molar-refractivity contribution in [2.24, 2.45) is 0 Å². The number of allylic oxidation sites excluding steroid dienone is 2. The zero-order valence-electron chi connectivity index (χ0n) is 13.4. The van der Waals surface area contributed by atoms with Crippen molar-refractivity contribution in [2.75, 3.05) is 6.61 Å². The van der Waals surface area contributed by atoms with Gasteiger partial charge in [-0.15, -0.1) is 6.58 Å². The minimum atomic E-state index is -0.312. The van der Waals surface area contributed by atoms with Crippen molar-refractivity contribution in [1.29, 1.82) is 0 Å². The van der Waals surface area contributed by atoms with Crippen LogP contribution in [0.3, 0.4) is 0 Å². The molecule has 0 fully saturated rings. The van der Waals surface area contributed by atoms with Crippen molar-refractivity contribution in [3.63, 3.8) is 0 Å². The van der Waals surface area contributed by atoms with Gasteiger partial charge in [0.25, 0.3) is 0 Å². The van der Waals surface area contributed by atoms with Crippen molar-refractivity contribution in [3.8, 4) is 0 Å². The molecule has 0 N–H and O–H groups in total. The Bertz CT molecular complexity index is 675. The molecule has 0 unspecified atom stereocenters. The number of hydrogen-bond acceptors (Lipinski definition) is 3. The minimum Gasteiger partial charge on any atom is -0.462 e. The summed E-state index contributed by atoms with van der Waals surface area (Å²) in [5.74, 6) is -0.312. The second-order valence-corrected chi connectivity index (χ2v) is 5.10. The molecule has 0 aliphatic heterocycles. The molecule has 3 nitrogen and oxygen atoms in total. The highest BCUT2D eigenvalue weighted by Crippen LogP contribution is 2.25. The third-order valence-corrected chi connectivity index (χ3v) is 3.43. The molecule has 118 valence electrons. The number of aromatic nitrogens is 1. The molecule has 1 aromatic carbocycles. The molecular weight excluding hydrogens is 286 g/mol. The normalized spacial score (nSPS) is 11.5. The van der Waals surface area contributed by atoms with Gasteiger partial charge >= 0.3 is 5.97 Å². The lowest BCUT2D eigenvalue weighted by Crippen LogP contribution is -2.11. The number of benzene rings is 1. The molecule has 23 heavy (non-hydrogen) atoms. The molecule has 3 heteroatoms. The Morgan fingerprint density at radius 3 is 2.61 bits per heavy atom. The van der Waals surface area contributed by atoms with Gasteiger partial charge in [0.15, 0.2) is 0 Å². The number of esters is 1. The van der Waals surface area contributed by atoms with Crippen molar-refractivity contribution >= 4 is 11.5 Å². The molecule has 0 bridgehead atoms. The standard InChI is InChI=1S/C20H21NO2/c1-3-9-17(14-16-10-6-5-7-11-16)19(20(22)23-4-2)18-12-8-13-21-15-18/h3,5-8,10-13,15H,1,4,9,14H2,2H3. The molecule has 0 saturated carbocycles. The van der Waals surface area contributed by atoms with Crippen LogP contribution in [-0.4, -0.2) is 17.6 Å². The summed E-state index contributed by atoms with van der Waals surface area (Å²) in [5.41, 5.74) is 3.50. The molecule has 0 aliphatic rings. The van der Waals surface area contributed by atoms with E-state index in [0.717, 1.165) is 16.7 Å². The van der Waals surface area contributed by atoms with E-state index in [1.807, 2.05) is 43.3 Å². The minimum absolute atomic E-state index is 0.312. The zero-order valence-corrected chi connectivity index (χ0v) is 13.4. The lowest BCUT2D eigenvalue weighted by molar-refractivity contribution is -0.136. The van der Waals surface area contributed by atoms with Gasteiger partial charge in [-0.25, -0.2) is 4.79 Å². The fourth-order valence-corrected chi connectivity index (χ4v) is 2.46. The second kappa shape index (κ2) is 8.69. The first-order chi connectivity index (χ1) is 11.3. The van der Waals surface area contributed by atoms with Crippen LogP contribution in [0.4, 0.5) is 0 Å². The Kier molecular flexibility index (Phi) is 6.30. The van der Waals surface area contributed by atoms with Gasteiger partial charge in [0.05, 0.1) is 12.2 Å². The Hall–Kier alpha value is -2.68. The van der Waals surface area contributed by atoms with Crippen molar-refractivity contribution in [3.05, 3.63) is 84.2 Å². The van der Waals surface area contributed by atoms with Crippen LogP contribution in [0.25, 0.3) is 5.57 Å². The van der Waals surface area contributed by atoms with E-state index in [0.29, 0.717) is 25.0 Å². The second-order valence-electron chi connectivity index (χ2n) is 5.10. The molecule has 2 rings (SSSR count). The molecule has 0 spiro atoms. The highest BCUT2D eigenvalue weighted by Gasteiger charge is 2.18. The first kappa shape index (κ1) is 16.7. The predicted molar refractivity (Wildman–Crippen MR) is 92.8 cm³/mol. The third-order valence-electron chi connectivity index (χ3n) is 3.43. The van der Waals surface area contributed by atoms with Crippen LogP contribution in [0.2, 0.25) is 0 Å². The van der Waals surface area contributed by atoms with E-state index in [2.05, 4.69) is 23.7 Å². The summed E-state index contributed by atoms with van der Waals surface area (Å²) in [7, 11) is 0. The van der Waals surface area contributed by atoms with Crippen molar-refractivity contribution < 1.29 is 9.53 Å². The smallest absolute Gasteiger partial charge is 0.338 e. The van der Waals surface area contributed by atoms with E-state index < -0.39 is 0 Å². The van der Waals surface area contributed by atoms with Gasteiger partial charge in [0, 0.05) is 18.0 Å². The van der Waals surface area contributed by atoms with Crippen LogP contribution in [0.5, 0.6) is 0 Å². The highest BCUT2D eigenvalue weighted by molar-refractivity contribution is 6.17.